The van der Waals surface area contributed by atoms with Gasteiger partial charge in [-0.3, -0.25) is 14.9 Å². The SMILES string of the molecule is CC(C)c1ccc(NC(=O)C(C#N)=Cc2ccc(-c3ccc([N+](=O)[O-])cc3Cl)o2)cc1. The molecular weight excluding hydrogens is 418 g/mol. The van der Waals surface area contributed by atoms with Gasteiger partial charge in [0.2, 0.25) is 0 Å². The van der Waals surface area contributed by atoms with Gasteiger partial charge in [-0.2, -0.15) is 5.26 Å². The summed E-state index contributed by atoms with van der Waals surface area (Å²) in [7, 11) is 0. The van der Waals surface area contributed by atoms with Crippen LogP contribution in [-0.2, 0) is 4.79 Å². The molecule has 1 N–H and O–H groups in total. The molecule has 3 rings (SSSR count). The van der Waals surface area contributed by atoms with E-state index < -0.39 is 10.8 Å². The molecule has 1 amide bonds. The van der Waals surface area contributed by atoms with Crippen molar-refractivity contribution >= 4 is 35.0 Å². The third-order valence-corrected chi connectivity index (χ3v) is 4.86. The Hall–Kier alpha value is -3.89. The molecule has 1 heterocycles. The molecule has 1 aromatic heterocycles. The molecule has 0 spiro atoms. The first-order valence-corrected chi connectivity index (χ1v) is 9.73. The predicted molar refractivity (Wildman–Crippen MR) is 119 cm³/mol. The molecule has 0 aliphatic heterocycles. The Labute approximate surface area is 183 Å². The first-order chi connectivity index (χ1) is 14.8. The number of furan rings is 1. The summed E-state index contributed by atoms with van der Waals surface area (Å²) in [6, 6.07) is 16.5. The number of non-ortho nitro benzene ring substituents is 1. The fraction of sp³-hybridized carbons (Fsp3) is 0.130. The number of halogens is 1. The zero-order valence-corrected chi connectivity index (χ0v) is 17.5. The van der Waals surface area contributed by atoms with Crippen LogP contribution in [0.4, 0.5) is 11.4 Å². The van der Waals surface area contributed by atoms with Crippen molar-refractivity contribution in [2.24, 2.45) is 0 Å². The number of carbonyl (C=O) groups is 1. The number of nitrogens with one attached hydrogen (secondary N) is 1. The van der Waals surface area contributed by atoms with Crippen molar-refractivity contribution in [1.29, 1.82) is 5.26 Å². The summed E-state index contributed by atoms with van der Waals surface area (Å²) in [5.74, 6) is 0.433. The lowest BCUT2D eigenvalue weighted by molar-refractivity contribution is -0.384. The third kappa shape index (κ3) is 5.18. The van der Waals surface area contributed by atoms with Gasteiger partial charge in [0, 0.05) is 29.5 Å². The van der Waals surface area contributed by atoms with E-state index in [2.05, 4.69) is 19.2 Å². The molecule has 7 nitrogen and oxygen atoms in total. The molecule has 2 aromatic carbocycles. The molecule has 0 saturated heterocycles. The Morgan fingerprint density at radius 3 is 2.48 bits per heavy atom. The number of hydrogen-bond donors (Lipinski definition) is 1. The lowest BCUT2D eigenvalue weighted by Crippen LogP contribution is -2.13. The first-order valence-electron chi connectivity index (χ1n) is 9.35. The molecule has 0 aliphatic rings. The van der Waals surface area contributed by atoms with Crippen LogP contribution in [0.2, 0.25) is 5.02 Å². The molecule has 0 fully saturated rings. The molecule has 0 radical (unpaired) electrons. The summed E-state index contributed by atoms with van der Waals surface area (Å²) in [5.41, 5.74) is 1.91. The fourth-order valence-electron chi connectivity index (χ4n) is 2.83. The van der Waals surface area contributed by atoms with Crippen LogP contribution in [-0.4, -0.2) is 10.8 Å². The molecule has 0 aliphatic carbocycles. The fourth-order valence-corrected chi connectivity index (χ4v) is 3.10. The molecule has 0 atom stereocenters. The topological polar surface area (TPSA) is 109 Å². The van der Waals surface area contributed by atoms with Crippen LogP contribution in [0, 0.1) is 21.4 Å². The van der Waals surface area contributed by atoms with Crippen LogP contribution in [0.3, 0.4) is 0 Å². The maximum absolute atomic E-state index is 12.5. The second-order valence-corrected chi connectivity index (χ2v) is 7.43. The average molecular weight is 436 g/mol. The number of carbonyl (C=O) groups excluding carboxylic acids is 1. The van der Waals surface area contributed by atoms with Crippen LogP contribution >= 0.6 is 11.6 Å². The smallest absolute Gasteiger partial charge is 0.270 e. The maximum atomic E-state index is 12.5. The largest absolute Gasteiger partial charge is 0.457 e. The van der Waals surface area contributed by atoms with Crippen molar-refractivity contribution < 1.29 is 14.1 Å². The Morgan fingerprint density at radius 2 is 1.90 bits per heavy atom. The van der Waals surface area contributed by atoms with Crippen LogP contribution in [0.5, 0.6) is 0 Å². The van der Waals surface area contributed by atoms with Gasteiger partial charge in [-0.15, -0.1) is 0 Å². The van der Waals surface area contributed by atoms with Crippen LogP contribution in [0.1, 0.15) is 31.1 Å². The van der Waals surface area contributed by atoms with Crippen molar-refractivity contribution in [2.75, 3.05) is 5.32 Å². The van der Waals surface area contributed by atoms with Gasteiger partial charge in [0.25, 0.3) is 11.6 Å². The molecule has 0 bridgehead atoms. The van der Waals surface area contributed by atoms with E-state index in [0.29, 0.717) is 22.9 Å². The van der Waals surface area contributed by atoms with E-state index in [-0.39, 0.29) is 22.0 Å². The Balaban J connectivity index is 1.79. The van der Waals surface area contributed by atoms with Crippen molar-refractivity contribution in [3.05, 3.63) is 86.6 Å². The third-order valence-electron chi connectivity index (χ3n) is 4.54. The van der Waals surface area contributed by atoms with Crippen molar-refractivity contribution in [2.45, 2.75) is 19.8 Å². The number of rotatable bonds is 6. The predicted octanol–water partition coefficient (Wildman–Crippen LogP) is 6.18. The molecule has 0 unspecified atom stereocenters. The van der Waals surface area contributed by atoms with Gasteiger partial charge < -0.3 is 9.73 Å². The number of nitro groups is 1. The summed E-state index contributed by atoms with van der Waals surface area (Å²) in [5, 5.41) is 23.1. The summed E-state index contributed by atoms with van der Waals surface area (Å²) in [6.45, 7) is 4.15. The Morgan fingerprint density at radius 1 is 1.19 bits per heavy atom. The average Bonchev–Trinajstić information content (AvgIpc) is 3.20. The van der Waals surface area contributed by atoms with Crippen LogP contribution in [0.15, 0.2) is 64.6 Å². The normalized spacial score (nSPS) is 11.3. The summed E-state index contributed by atoms with van der Waals surface area (Å²) in [6.07, 6.45) is 1.32. The quantitative estimate of drug-likeness (QED) is 0.215. The summed E-state index contributed by atoms with van der Waals surface area (Å²) < 4.78 is 5.66. The van der Waals surface area contributed by atoms with E-state index in [1.54, 1.807) is 24.3 Å². The van der Waals surface area contributed by atoms with E-state index in [1.165, 1.54) is 24.3 Å². The number of nitriles is 1. The lowest BCUT2D eigenvalue weighted by Gasteiger charge is -2.08. The van der Waals surface area contributed by atoms with Gasteiger partial charge in [0.05, 0.1) is 9.95 Å². The highest BCUT2D eigenvalue weighted by atomic mass is 35.5. The highest BCUT2D eigenvalue weighted by Crippen LogP contribution is 2.32. The van der Waals surface area contributed by atoms with Gasteiger partial charge in [0.15, 0.2) is 0 Å². The zero-order valence-electron chi connectivity index (χ0n) is 16.8. The van der Waals surface area contributed by atoms with E-state index in [9.17, 15) is 20.2 Å². The number of amides is 1. The standard InChI is InChI=1S/C23H18ClN3O4/c1-14(2)15-3-5-17(6-4-15)26-23(28)16(13-25)11-19-8-10-22(31-19)20-9-7-18(27(29)30)12-21(20)24/h3-12,14H,1-2H3,(H,26,28). The first kappa shape index (κ1) is 21.8. The van der Waals surface area contributed by atoms with Gasteiger partial charge in [-0.25, -0.2) is 0 Å². The van der Waals surface area contributed by atoms with Crippen molar-refractivity contribution in [1.82, 2.24) is 0 Å². The summed E-state index contributed by atoms with van der Waals surface area (Å²) in [4.78, 5) is 22.8. The number of nitro benzene ring substituents is 1. The van der Waals surface area contributed by atoms with Gasteiger partial charge in [0.1, 0.15) is 23.2 Å². The monoisotopic (exact) mass is 435 g/mol. The minimum atomic E-state index is -0.564. The van der Waals surface area contributed by atoms with E-state index >= 15 is 0 Å². The molecular formula is C23H18ClN3O4. The van der Waals surface area contributed by atoms with Crippen LogP contribution in [0.25, 0.3) is 17.4 Å². The number of anilines is 1. The second kappa shape index (κ2) is 9.28. The number of nitrogens with zero attached hydrogens (tertiary/aromatic N) is 2. The highest BCUT2D eigenvalue weighted by Gasteiger charge is 2.15. The lowest BCUT2D eigenvalue weighted by atomic mass is 10.0. The van der Waals surface area contributed by atoms with E-state index in [1.807, 2.05) is 18.2 Å². The highest BCUT2D eigenvalue weighted by molar-refractivity contribution is 6.33. The molecule has 156 valence electrons. The maximum Gasteiger partial charge on any atom is 0.270 e. The molecule has 3 aromatic rings. The van der Waals surface area contributed by atoms with Gasteiger partial charge >= 0.3 is 0 Å². The van der Waals surface area contributed by atoms with Gasteiger partial charge in [-0.05, 0) is 41.8 Å². The van der Waals surface area contributed by atoms with Crippen molar-refractivity contribution in [3.63, 3.8) is 0 Å². The van der Waals surface area contributed by atoms with Crippen LogP contribution < -0.4 is 5.32 Å². The molecule has 0 saturated carbocycles. The van der Waals surface area contributed by atoms with Gasteiger partial charge in [-0.1, -0.05) is 37.6 Å². The zero-order chi connectivity index (χ0) is 22.5. The van der Waals surface area contributed by atoms with E-state index in [4.69, 9.17) is 16.0 Å². The summed E-state index contributed by atoms with van der Waals surface area (Å²) >= 11 is 6.13. The number of hydrogen-bond acceptors (Lipinski definition) is 5. The minimum absolute atomic E-state index is 0.134. The van der Waals surface area contributed by atoms with E-state index in [0.717, 1.165) is 5.56 Å². The number of benzene rings is 2. The molecule has 8 heteroatoms. The molecule has 31 heavy (non-hydrogen) atoms. The minimum Gasteiger partial charge on any atom is -0.457 e. The Bertz CT molecular complexity index is 1200. The van der Waals surface area contributed by atoms with Crippen molar-refractivity contribution in [3.8, 4) is 17.4 Å². The second-order valence-electron chi connectivity index (χ2n) is 7.02. The Kier molecular flexibility index (Phi) is 6.53.